The summed E-state index contributed by atoms with van der Waals surface area (Å²) >= 11 is 0.937. The second-order valence-electron chi connectivity index (χ2n) is 9.32. The fraction of sp³-hybridized carbons (Fsp3) is 0.500. The van der Waals surface area contributed by atoms with Gasteiger partial charge < -0.3 is 20.5 Å². The number of benzene rings is 2. The number of aliphatic hydroxyl groups excluding tert-OH is 1. The standard InChI is InChI=1S/C28H40N2O6S2/c1-4-5-14-38(34,35)20-24(19-37-21(2)31)28(33)30-26(16-22-10-7-6-8-11-22)27(32)18-29-17-23-12-9-13-25(15-23)36-3/h6-13,15,24,26-27,29,32H,4-5,14,16-20H2,1-3H3,(H,30,33)/t24?,26?,27-/m1/s1. The molecule has 2 rings (SSSR count). The highest BCUT2D eigenvalue weighted by molar-refractivity contribution is 8.13. The SMILES string of the molecule is CCCCS(=O)(=O)CC(CSC(C)=O)C(=O)NC(Cc1ccccc1)[C@H](O)CNCc1cccc(OC)c1. The summed E-state index contributed by atoms with van der Waals surface area (Å²) in [6.45, 7) is 3.99. The number of aliphatic hydroxyl groups is 1. The third-order valence-electron chi connectivity index (χ3n) is 6.03. The number of unbranched alkanes of at least 4 members (excludes halogenated alkanes) is 1. The van der Waals surface area contributed by atoms with Crippen LogP contribution in [0.15, 0.2) is 54.6 Å². The topological polar surface area (TPSA) is 122 Å². The van der Waals surface area contributed by atoms with Crippen LogP contribution in [0.1, 0.15) is 37.8 Å². The molecule has 2 aromatic rings. The van der Waals surface area contributed by atoms with Crippen molar-refractivity contribution in [1.29, 1.82) is 0 Å². The molecule has 0 aromatic heterocycles. The normalized spacial score (nSPS) is 13.9. The van der Waals surface area contributed by atoms with Gasteiger partial charge in [0.25, 0.3) is 0 Å². The van der Waals surface area contributed by atoms with E-state index >= 15 is 0 Å². The Kier molecular flexibility index (Phi) is 13.8. The van der Waals surface area contributed by atoms with Crippen molar-refractivity contribution in [2.24, 2.45) is 5.92 Å². The van der Waals surface area contributed by atoms with E-state index in [1.165, 1.54) is 6.92 Å². The smallest absolute Gasteiger partial charge is 0.225 e. The Hall–Kier alpha value is -2.40. The lowest BCUT2D eigenvalue weighted by Gasteiger charge is -2.27. The van der Waals surface area contributed by atoms with Gasteiger partial charge in [0.05, 0.1) is 36.7 Å². The maximum Gasteiger partial charge on any atom is 0.225 e. The monoisotopic (exact) mass is 564 g/mol. The van der Waals surface area contributed by atoms with Gasteiger partial charge in [-0.1, -0.05) is 67.6 Å². The van der Waals surface area contributed by atoms with E-state index in [0.717, 1.165) is 35.1 Å². The molecular weight excluding hydrogens is 524 g/mol. The van der Waals surface area contributed by atoms with Crippen molar-refractivity contribution in [1.82, 2.24) is 10.6 Å². The lowest BCUT2D eigenvalue weighted by molar-refractivity contribution is -0.125. The summed E-state index contributed by atoms with van der Waals surface area (Å²) in [6, 6.07) is 16.4. The van der Waals surface area contributed by atoms with Crippen LogP contribution in [0.4, 0.5) is 0 Å². The average Bonchev–Trinajstić information content (AvgIpc) is 2.90. The van der Waals surface area contributed by atoms with Crippen molar-refractivity contribution >= 4 is 32.6 Å². The van der Waals surface area contributed by atoms with Crippen LogP contribution in [0, 0.1) is 5.92 Å². The minimum Gasteiger partial charge on any atom is -0.497 e. The van der Waals surface area contributed by atoms with Gasteiger partial charge in [0.2, 0.25) is 5.91 Å². The van der Waals surface area contributed by atoms with Crippen molar-refractivity contribution in [2.75, 3.05) is 30.9 Å². The van der Waals surface area contributed by atoms with E-state index in [2.05, 4.69) is 10.6 Å². The quantitative estimate of drug-likeness (QED) is 0.268. The molecule has 0 spiro atoms. The molecule has 3 N–H and O–H groups in total. The molecule has 2 aromatic carbocycles. The third-order valence-corrected chi connectivity index (χ3v) is 8.83. The van der Waals surface area contributed by atoms with Gasteiger partial charge in [-0.3, -0.25) is 9.59 Å². The van der Waals surface area contributed by atoms with Gasteiger partial charge in [0.15, 0.2) is 15.0 Å². The van der Waals surface area contributed by atoms with E-state index in [0.29, 0.717) is 19.4 Å². The molecule has 0 radical (unpaired) electrons. The zero-order chi connectivity index (χ0) is 28.0. The molecule has 38 heavy (non-hydrogen) atoms. The molecule has 0 aliphatic rings. The third kappa shape index (κ3) is 12.0. The number of hydrogen-bond donors (Lipinski definition) is 3. The number of hydrogen-bond acceptors (Lipinski definition) is 8. The molecule has 0 heterocycles. The first-order valence-electron chi connectivity index (χ1n) is 12.8. The summed E-state index contributed by atoms with van der Waals surface area (Å²) in [7, 11) is -1.87. The maximum absolute atomic E-state index is 13.3. The van der Waals surface area contributed by atoms with Crippen LogP contribution >= 0.6 is 11.8 Å². The van der Waals surface area contributed by atoms with Crippen LogP contribution in [0.3, 0.4) is 0 Å². The molecule has 1 amide bonds. The number of thioether (sulfide) groups is 1. The lowest BCUT2D eigenvalue weighted by atomic mass is 10.00. The molecule has 3 atom stereocenters. The van der Waals surface area contributed by atoms with Crippen LogP contribution in [0.2, 0.25) is 0 Å². The summed E-state index contributed by atoms with van der Waals surface area (Å²) in [6.07, 6.45) is 0.670. The van der Waals surface area contributed by atoms with E-state index in [1.54, 1.807) is 7.11 Å². The van der Waals surface area contributed by atoms with Gasteiger partial charge in [-0.2, -0.15) is 0 Å². The Balaban J connectivity index is 2.13. The van der Waals surface area contributed by atoms with Crippen molar-refractivity contribution in [3.8, 4) is 5.75 Å². The van der Waals surface area contributed by atoms with Crippen LogP contribution in [-0.4, -0.2) is 67.6 Å². The Bertz CT molecular complexity index is 1110. The summed E-state index contributed by atoms with van der Waals surface area (Å²) in [5.74, 6) is -0.909. The zero-order valence-electron chi connectivity index (χ0n) is 22.4. The number of carbonyl (C=O) groups excluding carboxylic acids is 2. The Morgan fingerprint density at radius 1 is 1.08 bits per heavy atom. The summed E-state index contributed by atoms with van der Waals surface area (Å²) < 4.78 is 30.5. The molecule has 0 fully saturated rings. The minimum atomic E-state index is -3.47. The number of methoxy groups -OCH3 is 1. The van der Waals surface area contributed by atoms with E-state index in [4.69, 9.17) is 4.74 Å². The molecule has 0 aliphatic heterocycles. The van der Waals surface area contributed by atoms with Gasteiger partial charge in [-0.05, 0) is 36.1 Å². The Labute approximate surface area is 230 Å². The van der Waals surface area contributed by atoms with E-state index in [-0.39, 0.29) is 28.9 Å². The van der Waals surface area contributed by atoms with E-state index in [1.807, 2.05) is 61.5 Å². The summed E-state index contributed by atoms with van der Waals surface area (Å²) in [5.41, 5.74) is 1.91. The molecule has 0 saturated carbocycles. The number of sulfone groups is 1. The van der Waals surface area contributed by atoms with Gasteiger partial charge in [-0.15, -0.1) is 0 Å². The van der Waals surface area contributed by atoms with Gasteiger partial charge in [0.1, 0.15) is 5.75 Å². The number of ether oxygens (including phenoxy) is 1. The highest BCUT2D eigenvalue weighted by atomic mass is 32.2. The van der Waals surface area contributed by atoms with E-state index in [9.17, 15) is 23.1 Å². The Morgan fingerprint density at radius 2 is 1.79 bits per heavy atom. The van der Waals surface area contributed by atoms with Crippen LogP contribution in [-0.2, 0) is 32.4 Å². The molecule has 0 aliphatic carbocycles. The highest BCUT2D eigenvalue weighted by Crippen LogP contribution is 2.16. The van der Waals surface area contributed by atoms with E-state index < -0.39 is 33.8 Å². The second kappa shape index (κ2) is 16.5. The van der Waals surface area contributed by atoms with Crippen molar-refractivity contribution in [2.45, 2.75) is 51.8 Å². The van der Waals surface area contributed by atoms with Crippen molar-refractivity contribution in [3.63, 3.8) is 0 Å². The first kappa shape index (κ1) is 31.8. The molecular formula is C28H40N2O6S2. The first-order chi connectivity index (χ1) is 18.1. The van der Waals surface area contributed by atoms with Crippen molar-refractivity contribution in [3.05, 3.63) is 65.7 Å². The molecule has 0 saturated heterocycles. The summed E-state index contributed by atoms with van der Waals surface area (Å²) in [4.78, 5) is 24.9. The second-order valence-corrected chi connectivity index (χ2v) is 12.7. The number of rotatable bonds is 17. The summed E-state index contributed by atoms with van der Waals surface area (Å²) in [5, 5.41) is 17.0. The fourth-order valence-electron chi connectivity index (χ4n) is 3.91. The molecule has 8 nitrogen and oxygen atoms in total. The number of amides is 1. The van der Waals surface area contributed by atoms with Gasteiger partial charge >= 0.3 is 0 Å². The molecule has 0 bridgehead atoms. The molecule has 10 heteroatoms. The highest BCUT2D eigenvalue weighted by Gasteiger charge is 2.30. The predicted octanol–water partition coefficient (Wildman–Crippen LogP) is 2.98. The largest absolute Gasteiger partial charge is 0.497 e. The van der Waals surface area contributed by atoms with Gasteiger partial charge in [-0.25, -0.2) is 8.42 Å². The van der Waals surface area contributed by atoms with Crippen LogP contribution < -0.4 is 15.4 Å². The fourth-order valence-corrected chi connectivity index (χ4v) is 6.54. The Morgan fingerprint density at radius 3 is 2.45 bits per heavy atom. The average molecular weight is 565 g/mol. The predicted molar refractivity (Wildman–Crippen MR) is 153 cm³/mol. The van der Waals surface area contributed by atoms with Crippen molar-refractivity contribution < 1.29 is 27.9 Å². The molecule has 2 unspecified atom stereocenters. The number of carbonyl (C=O) groups is 2. The minimum absolute atomic E-state index is 0.00226. The maximum atomic E-state index is 13.3. The van der Waals surface area contributed by atoms with Gasteiger partial charge in [0, 0.05) is 25.8 Å². The van der Waals surface area contributed by atoms with Crippen LogP contribution in [0.5, 0.6) is 5.75 Å². The lowest BCUT2D eigenvalue weighted by Crippen LogP contribution is -2.51. The van der Waals surface area contributed by atoms with Crippen LogP contribution in [0.25, 0.3) is 0 Å². The molecule has 210 valence electrons. The zero-order valence-corrected chi connectivity index (χ0v) is 24.0. The first-order valence-corrected chi connectivity index (χ1v) is 15.6. The number of nitrogens with one attached hydrogen (secondary N) is 2.